The number of nitrogens with zero attached hydrogens (tertiary/aromatic N) is 2. The van der Waals surface area contributed by atoms with Gasteiger partial charge in [0.1, 0.15) is 11.4 Å². The van der Waals surface area contributed by atoms with Crippen molar-refractivity contribution in [3.8, 4) is 5.75 Å². The fraction of sp³-hybridized carbons (Fsp3) is 0.636. The van der Waals surface area contributed by atoms with Crippen molar-refractivity contribution < 1.29 is 14.3 Å². The van der Waals surface area contributed by atoms with Crippen LogP contribution in [0.5, 0.6) is 5.75 Å². The lowest BCUT2D eigenvalue weighted by atomic mass is 9.76. The Labute approximate surface area is 167 Å². The average molecular weight is 386 g/mol. The number of likely N-dealkylation sites (tertiary alicyclic amines) is 1. The molecule has 1 aliphatic carbocycles. The molecule has 2 heterocycles. The number of para-hydroxylation sites is 1. The Bertz CT molecular complexity index is 736. The van der Waals surface area contributed by atoms with E-state index in [-0.39, 0.29) is 23.5 Å². The molecule has 0 radical (unpaired) electrons. The van der Waals surface area contributed by atoms with Crippen LogP contribution in [0, 0.1) is 5.92 Å². The fourth-order valence-corrected chi connectivity index (χ4v) is 4.50. The van der Waals surface area contributed by atoms with Crippen LogP contribution in [0.4, 0.5) is 4.79 Å². The van der Waals surface area contributed by atoms with Crippen LogP contribution in [0.2, 0.25) is 0 Å². The molecule has 3 amide bonds. The van der Waals surface area contributed by atoms with Gasteiger partial charge in [-0.15, -0.1) is 0 Å². The second-order valence-corrected chi connectivity index (χ2v) is 8.84. The molecular weight excluding hydrogens is 354 g/mol. The molecule has 1 saturated heterocycles. The molecule has 2 fully saturated rings. The number of hydrogen-bond donors (Lipinski definition) is 1. The summed E-state index contributed by atoms with van der Waals surface area (Å²) in [4.78, 5) is 28.3. The van der Waals surface area contributed by atoms with Crippen molar-refractivity contribution in [2.75, 3.05) is 33.7 Å². The molecule has 152 valence electrons. The molecule has 0 bridgehead atoms. The van der Waals surface area contributed by atoms with Gasteiger partial charge in [0.25, 0.3) is 0 Å². The van der Waals surface area contributed by atoms with Crippen LogP contribution in [-0.2, 0) is 4.79 Å². The van der Waals surface area contributed by atoms with E-state index in [9.17, 15) is 9.59 Å². The first kappa shape index (κ1) is 19.1. The van der Waals surface area contributed by atoms with Gasteiger partial charge in [0.05, 0.1) is 0 Å². The summed E-state index contributed by atoms with van der Waals surface area (Å²) in [6, 6.07) is 8.18. The van der Waals surface area contributed by atoms with Crippen LogP contribution in [0.3, 0.4) is 0 Å². The number of amides is 3. The molecule has 6 heteroatoms. The molecular formula is C22H31N3O3. The van der Waals surface area contributed by atoms with Crippen LogP contribution >= 0.6 is 0 Å². The molecule has 0 aromatic heterocycles. The Hall–Kier alpha value is -2.24. The largest absolute Gasteiger partial charge is 0.487 e. The van der Waals surface area contributed by atoms with Crippen molar-refractivity contribution in [1.82, 2.24) is 15.1 Å². The summed E-state index contributed by atoms with van der Waals surface area (Å²) in [7, 11) is 3.58. The minimum Gasteiger partial charge on any atom is -0.487 e. The normalized spacial score (nSPS) is 22.9. The molecule has 2 aliphatic heterocycles. The molecule has 0 unspecified atom stereocenters. The first-order chi connectivity index (χ1) is 13.5. The molecule has 3 aliphatic rings. The van der Waals surface area contributed by atoms with E-state index >= 15 is 0 Å². The highest BCUT2D eigenvalue weighted by molar-refractivity contribution is 5.77. The zero-order chi connectivity index (χ0) is 19.7. The summed E-state index contributed by atoms with van der Waals surface area (Å²) >= 11 is 0. The summed E-state index contributed by atoms with van der Waals surface area (Å²) in [5, 5.41) is 3.11. The van der Waals surface area contributed by atoms with Crippen LogP contribution in [0.15, 0.2) is 24.3 Å². The fourth-order valence-electron chi connectivity index (χ4n) is 4.50. The number of nitrogens with one attached hydrogen (secondary N) is 1. The Kier molecular flexibility index (Phi) is 5.21. The predicted octanol–water partition coefficient (Wildman–Crippen LogP) is 2.99. The number of benzene rings is 1. The molecule has 1 aromatic rings. The van der Waals surface area contributed by atoms with E-state index in [0.717, 1.165) is 37.1 Å². The monoisotopic (exact) mass is 385 g/mol. The minimum atomic E-state index is -0.279. The van der Waals surface area contributed by atoms with Gasteiger partial charge in [-0.05, 0) is 36.8 Å². The van der Waals surface area contributed by atoms with Crippen molar-refractivity contribution in [2.45, 2.75) is 50.0 Å². The molecule has 6 nitrogen and oxygen atoms in total. The van der Waals surface area contributed by atoms with E-state index in [1.54, 1.807) is 19.0 Å². The standard InChI is InChI=1S/C22H31N3O3/c1-24(2)21(27)25-11-9-22(10-12-25)14-17(13-20(26)23-15-16-7-8-16)18-5-3-4-6-19(18)28-22/h3-6,16-17H,7-15H2,1-2H3,(H,23,26)/t17-/m0/s1. The summed E-state index contributed by atoms with van der Waals surface area (Å²) in [6.07, 6.45) is 5.44. The number of ether oxygens (including phenoxy) is 1. The third-order valence-corrected chi connectivity index (χ3v) is 6.35. The topological polar surface area (TPSA) is 61.9 Å². The zero-order valence-corrected chi connectivity index (χ0v) is 16.9. The third kappa shape index (κ3) is 4.10. The number of fused-ring (bicyclic) bond motifs is 1. The molecule has 4 rings (SSSR count). The molecule has 1 atom stereocenters. The summed E-state index contributed by atoms with van der Waals surface area (Å²) < 4.78 is 6.49. The van der Waals surface area contributed by atoms with E-state index < -0.39 is 0 Å². The van der Waals surface area contributed by atoms with Crippen LogP contribution in [0.1, 0.15) is 50.0 Å². The first-order valence-corrected chi connectivity index (χ1v) is 10.5. The lowest BCUT2D eigenvalue weighted by Crippen LogP contribution is -2.53. The second kappa shape index (κ2) is 7.64. The van der Waals surface area contributed by atoms with Gasteiger partial charge in [0.15, 0.2) is 0 Å². The van der Waals surface area contributed by atoms with E-state index in [1.165, 1.54) is 12.8 Å². The smallest absolute Gasteiger partial charge is 0.319 e. The first-order valence-electron chi connectivity index (χ1n) is 10.5. The number of carbonyl (C=O) groups excluding carboxylic acids is 2. The SMILES string of the molecule is CN(C)C(=O)N1CCC2(CC1)C[C@H](CC(=O)NCC1CC1)c1ccccc1O2. The third-order valence-electron chi connectivity index (χ3n) is 6.35. The number of hydrogen-bond acceptors (Lipinski definition) is 3. The van der Waals surface area contributed by atoms with Crippen LogP contribution < -0.4 is 10.1 Å². The van der Waals surface area contributed by atoms with Gasteiger partial charge in [-0.2, -0.15) is 0 Å². The van der Waals surface area contributed by atoms with Gasteiger partial charge in [-0.25, -0.2) is 4.79 Å². The number of urea groups is 1. The maximum atomic E-state index is 12.5. The zero-order valence-electron chi connectivity index (χ0n) is 16.9. The quantitative estimate of drug-likeness (QED) is 0.867. The van der Waals surface area contributed by atoms with E-state index in [1.807, 2.05) is 23.1 Å². The summed E-state index contributed by atoms with van der Waals surface area (Å²) in [5.74, 6) is 1.90. The Morgan fingerprint density at radius 1 is 1.21 bits per heavy atom. The maximum Gasteiger partial charge on any atom is 0.319 e. The van der Waals surface area contributed by atoms with E-state index in [2.05, 4.69) is 11.4 Å². The predicted molar refractivity (Wildman–Crippen MR) is 107 cm³/mol. The summed E-state index contributed by atoms with van der Waals surface area (Å²) in [5.41, 5.74) is 0.861. The van der Waals surface area contributed by atoms with E-state index in [4.69, 9.17) is 4.74 Å². The number of carbonyl (C=O) groups is 2. The molecule has 1 saturated carbocycles. The minimum absolute atomic E-state index is 0.0575. The van der Waals surface area contributed by atoms with Crippen molar-refractivity contribution in [3.63, 3.8) is 0 Å². The maximum absolute atomic E-state index is 12.5. The van der Waals surface area contributed by atoms with Gasteiger partial charge in [0, 0.05) is 58.9 Å². The van der Waals surface area contributed by atoms with Crippen molar-refractivity contribution in [3.05, 3.63) is 29.8 Å². The average Bonchev–Trinajstić information content (AvgIpc) is 3.51. The highest BCUT2D eigenvalue weighted by Crippen LogP contribution is 2.46. The van der Waals surface area contributed by atoms with Crippen molar-refractivity contribution in [1.29, 1.82) is 0 Å². The van der Waals surface area contributed by atoms with Gasteiger partial charge >= 0.3 is 6.03 Å². The van der Waals surface area contributed by atoms with Gasteiger partial charge in [0.2, 0.25) is 5.91 Å². The molecule has 1 N–H and O–H groups in total. The lowest BCUT2D eigenvalue weighted by Gasteiger charge is -2.47. The number of rotatable bonds is 4. The van der Waals surface area contributed by atoms with Gasteiger partial charge in [-0.1, -0.05) is 18.2 Å². The van der Waals surface area contributed by atoms with Crippen molar-refractivity contribution in [2.24, 2.45) is 5.92 Å². The van der Waals surface area contributed by atoms with Crippen LogP contribution in [0.25, 0.3) is 0 Å². The Morgan fingerprint density at radius 2 is 1.93 bits per heavy atom. The highest BCUT2D eigenvalue weighted by atomic mass is 16.5. The van der Waals surface area contributed by atoms with Crippen LogP contribution in [-0.4, -0.2) is 61.1 Å². The summed E-state index contributed by atoms with van der Waals surface area (Å²) in [6.45, 7) is 2.20. The highest BCUT2D eigenvalue weighted by Gasteiger charge is 2.44. The molecule has 28 heavy (non-hydrogen) atoms. The van der Waals surface area contributed by atoms with Gasteiger partial charge in [-0.3, -0.25) is 4.79 Å². The number of piperidine rings is 1. The van der Waals surface area contributed by atoms with Crippen molar-refractivity contribution >= 4 is 11.9 Å². The molecule has 1 aromatic carbocycles. The molecule has 1 spiro atoms. The Morgan fingerprint density at radius 3 is 2.61 bits per heavy atom. The lowest BCUT2D eigenvalue weighted by molar-refractivity contribution is -0.122. The second-order valence-electron chi connectivity index (χ2n) is 8.84. The van der Waals surface area contributed by atoms with E-state index in [0.29, 0.717) is 25.4 Å². The van der Waals surface area contributed by atoms with Gasteiger partial charge < -0.3 is 19.9 Å². The Balaban J connectivity index is 1.45.